The van der Waals surface area contributed by atoms with E-state index in [9.17, 15) is 0 Å². The minimum absolute atomic E-state index is 1.06. The summed E-state index contributed by atoms with van der Waals surface area (Å²) >= 11 is 0. The fourth-order valence-electron chi connectivity index (χ4n) is 7.68. The van der Waals surface area contributed by atoms with Gasteiger partial charge in [0.15, 0.2) is 0 Å². The highest BCUT2D eigenvalue weighted by Crippen LogP contribution is 2.55. The molecule has 0 atom stereocenters. The highest BCUT2D eigenvalue weighted by Gasteiger charge is 2.35. The van der Waals surface area contributed by atoms with Gasteiger partial charge in [0.1, 0.15) is 0 Å². The number of benzene rings is 5. The van der Waals surface area contributed by atoms with E-state index in [-0.39, 0.29) is 0 Å². The Labute approximate surface area is 205 Å². The Balaban J connectivity index is 1.29. The lowest BCUT2D eigenvalue weighted by molar-refractivity contribution is 1.15. The quantitative estimate of drug-likeness (QED) is 0.221. The van der Waals surface area contributed by atoms with E-state index in [2.05, 4.69) is 85.8 Å². The first-order chi connectivity index (χ1) is 17.3. The van der Waals surface area contributed by atoms with Gasteiger partial charge in [0.2, 0.25) is 0 Å². The average molecular weight is 445 g/mol. The molecule has 0 heteroatoms. The molecule has 0 heterocycles. The molecule has 0 spiro atoms. The van der Waals surface area contributed by atoms with Crippen LogP contribution < -0.4 is 0 Å². The Morgan fingerprint density at radius 1 is 0.400 bits per heavy atom. The van der Waals surface area contributed by atoms with E-state index < -0.39 is 0 Å². The van der Waals surface area contributed by atoms with Crippen LogP contribution in [0.1, 0.15) is 50.1 Å². The lowest BCUT2D eigenvalue weighted by Gasteiger charge is -2.14. The van der Waals surface area contributed by atoms with Crippen LogP contribution in [0, 0.1) is 6.92 Å². The van der Waals surface area contributed by atoms with Gasteiger partial charge in [0.25, 0.3) is 0 Å². The van der Waals surface area contributed by atoms with Crippen LogP contribution >= 0.6 is 0 Å². The molecule has 0 radical (unpaired) electrons. The molecular weight excluding hydrogens is 420 g/mol. The maximum atomic E-state index is 2.49. The van der Waals surface area contributed by atoms with E-state index in [4.69, 9.17) is 0 Å². The van der Waals surface area contributed by atoms with Crippen molar-refractivity contribution in [2.24, 2.45) is 0 Å². The van der Waals surface area contributed by atoms with E-state index in [1.54, 1.807) is 11.1 Å². The molecule has 0 bridgehead atoms. The molecular formula is C35H24. The molecule has 9 rings (SSSR count). The van der Waals surface area contributed by atoms with Gasteiger partial charge in [0.05, 0.1) is 0 Å². The first-order valence-electron chi connectivity index (χ1n) is 12.9. The fourth-order valence-corrected chi connectivity index (χ4v) is 7.68. The van der Waals surface area contributed by atoms with Gasteiger partial charge in [-0.3, -0.25) is 0 Å². The molecule has 0 aromatic heterocycles. The van der Waals surface area contributed by atoms with Crippen LogP contribution in [0.15, 0.2) is 78.9 Å². The number of fused-ring (bicyclic) bond motifs is 15. The molecule has 5 aromatic carbocycles. The highest BCUT2D eigenvalue weighted by molar-refractivity contribution is 6.00. The summed E-state index contributed by atoms with van der Waals surface area (Å²) in [5.74, 6) is 0. The molecule has 0 aliphatic heterocycles. The van der Waals surface area contributed by atoms with Gasteiger partial charge in [-0.25, -0.2) is 0 Å². The lowest BCUT2D eigenvalue weighted by Crippen LogP contribution is -1.92. The molecule has 0 saturated heterocycles. The third-order valence-electron chi connectivity index (χ3n) is 9.14. The fraction of sp³-hybridized carbons (Fsp3) is 0.143. The smallest absolute Gasteiger partial charge is 0.00100 e. The summed E-state index contributed by atoms with van der Waals surface area (Å²) in [7, 11) is 0. The topological polar surface area (TPSA) is 0 Å². The second kappa shape index (κ2) is 6.20. The minimum atomic E-state index is 1.06. The number of hydrogen-bond acceptors (Lipinski definition) is 0. The Kier molecular flexibility index (Phi) is 3.27. The second-order valence-electron chi connectivity index (χ2n) is 10.9. The summed E-state index contributed by atoms with van der Waals surface area (Å²) in [5.41, 5.74) is 25.5. The van der Waals surface area contributed by atoms with Crippen molar-refractivity contribution < 1.29 is 0 Å². The van der Waals surface area contributed by atoms with Crippen LogP contribution in [-0.2, 0) is 25.7 Å². The van der Waals surface area contributed by atoms with Crippen molar-refractivity contribution in [1.82, 2.24) is 0 Å². The predicted octanol–water partition coefficient (Wildman–Crippen LogP) is 8.28. The lowest BCUT2D eigenvalue weighted by atomic mass is 9.89. The van der Waals surface area contributed by atoms with Crippen molar-refractivity contribution in [3.63, 3.8) is 0 Å². The Morgan fingerprint density at radius 2 is 0.914 bits per heavy atom. The van der Waals surface area contributed by atoms with Gasteiger partial charge in [0, 0.05) is 0 Å². The maximum Gasteiger partial charge on any atom is -0.00100 e. The van der Waals surface area contributed by atoms with Crippen molar-refractivity contribution in [1.29, 1.82) is 0 Å². The molecule has 4 aliphatic carbocycles. The molecule has 0 amide bonds. The second-order valence-corrected chi connectivity index (χ2v) is 10.9. The van der Waals surface area contributed by atoms with Crippen LogP contribution in [0.3, 0.4) is 0 Å². The zero-order valence-corrected chi connectivity index (χ0v) is 19.8. The molecule has 0 N–H and O–H groups in total. The van der Waals surface area contributed by atoms with E-state index in [0.29, 0.717) is 0 Å². The standard InChI is InChI=1S/C35H24/c1-19-14-24-18-31-28(34(24)35-26-9-5-3-7-21(26)16-29(19)35)13-12-27-30(31)17-23-11-10-22-15-20-6-2-4-8-25(20)32(22)33(23)27/h2-14H,15-18H2,1H3. The predicted molar refractivity (Wildman–Crippen MR) is 144 cm³/mol. The van der Waals surface area contributed by atoms with Crippen molar-refractivity contribution in [2.45, 2.75) is 32.6 Å². The Hall–Kier alpha value is -3.90. The third-order valence-corrected chi connectivity index (χ3v) is 9.14. The normalized spacial score (nSPS) is 14.5. The van der Waals surface area contributed by atoms with E-state index in [1.165, 1.54) is 83.5 Å². The Morgan fingerprint density at radius 3 is 1.66 bits per heavy atom. The Bertz CT molecular complexity index is 1800. The van der Waals surface area contributed by atoms with E-state index in [0.717, 1.165) is 25.7 Å². The van der Waals surface area contributed by atoms with Gasteiger partial charge in [-0.1, -0.05) is 78.9 Å². The van der Waals surface area contributed by atoms with Crippen molar-refractivity contribution >= 4 is 0 Å². The summed E-state index contributed by atoms with van der Waals surface area (Å²) in [6, 6.07) is 30.2. The summed E-state index contributed by atoms with van der Waals surface area (Å²) in [6.45, 7) is 2.31. The van der Waals surface area contributed by atoms with Crippen LogP contribution in [0.2, 0.25) is 0 Å². The van der Waals surface area contributed by atoms with Crippen LogP contribution in [0.5, 0.6) is 0 Å². The molecule has 0 unspecified atom stereocenters. The minimum Gasteiger partial charge on any atom is -0.0619 e. The van der Waals surface area contributed by atoms with Gasteiger partial charge in [-0.2, -0.15) is 0 Å². The van der Waals surface area contributed by atoms with E-state index >= 15 is 0 Å². The zero-order chi connectivity index (χ0) is 22.8. The average Bonchev–Trinajstić information content (AvgIpc) is 3.62. The molecule has 0 nitrogen and oxygen atoms in total. The van der Waals surface area contributed by atoms with Crippen molar-refractivity contribution in [3.8, 4) is 44.5 Å². The molecule has 4 aliphatic rings. The maximum absolute atomic E-state index is 2.49. The summed E-state index contributed by atoms with van der Waals surface area (Å²) in [6.07, 6.45) is 4.27. The zero-order valence-electron chi connectivity index (χ0n) is 19.8. The molecule has 0 fully saturated rings. The monoisotopic (exact) mass is 444 g/mol. The first-order valence-corrected chi connectivity index (χ1v) is 12.9. The van der Waals surface area contributed by atoms with Crippen molar-refractivity contribution in [3.05, 3.63) is 129 Å². The SMILES string of the molecule is Cc1cc2c(c3c1Cc1ccccc1-3)-c1ccc3c(c1C2)Cc1ccc2c(c1-3)-c1ccccc1C2. The van der Waals surface area contributed by atoms with Crippen LogP contribution in [-0.4, -0.2) is 0 Å². The summed E-state index contributed by atoms with van der Waals surface area (Å²) in [4.78, 5) is 0. The summed E-state index contributed by atoms with van der Waals surface area (Å²) in [5, 5.41) is 0. The van der Waals surface area contributed by atoms with Crippen molar-refractivity contribution in [2.75, 3.05) is 0 Å². The summed E-state index contributed by atoms with van der Waals surface area (Å²) < 4.78 is 0. The molecule has 164 valence electrons. The third kappa shape index (κ3) is 2.19. The molecule has 35 heavy (non-hydrogen) atoms. The number of rotatable bonds is 0. The number of aryl methyl sites for hydroxylation is 1. The van der Waals surface area contributed by atoms with E-state index in [1.807, 2.05) is 0 Å². The van der Waals surface area contributed by atoms with Gasteiger partial charge >= 0.3 is 0 Å². The van der Waals surface area contributed by atoms with Gasteiger partial charge in [-0.05, 0) is 127 Å². The molecule has 5 aromatic rings. The van der Waals surface area contributed by atoms with Gasteiger partial charge in [-0.15, -0.1) is 0 Å². The highest BCUT2D eigenvalue weighted by atomic mass is 14.4. The largest absolute Gasteiger partial charge is 0.0619 e. The number of hydrogen-bond donors (Lipinski definition) is 0. The van der Waals surface area contributed by atoms with Gasteiger partial charge < -0.3 is 0 Å². The van der Waals surface area contributed by atoms with Crippen LogP contribution in [0.25, 0.3) is 44.5 Å². The first kappa shape index (κ1) is 18.4. The molecule has 0 saturated carbocycles. The van der Waals surface area contributed by atoms with Crippen LogP contribution in [0.4, 0.5) is 0 Å².